The zero-order valence-corrected chi connectivity index (χ0v) is 8.73. The second-order valence-electron chi connectivity index (χ2n) is 3.03. The van der Waals surface area contributed by atoms with Gasteiger partial charge in [0.15, 0.2) is 11.5 Å². The van der Waals surface area contributed by atoms with Gasteiger partial charge < -0.3 is 25.4 Å². The zero-order chi connectivity index (χ0) is 11.4. The Kier molecular flexibility index (Phi) is 3.76. The van der Waals surface area contributed by atoms with Crippen LogP contribution in [0.3, 0.4) is 0 Å². The van der Waals surface area contributed by atoms with Gasteiger partial charge in [-0.2, -0.15) is 0 Å². The molecule has 0 aliphatic carbocycles. The van der Waals surface area contributed by atoms with Crippen LogP contribution in [0.2, 0.25) is 0 Å². The van der Waals surface area contributed by atoms with Gasteiger partial charge in [-0.05, 0) is 17.7 Å². The van der Waals surface area contributed by atoms with Crippen molar-refractivity contribution < 1.29 is 19.7 Å². The van der Waals surface area contributed by atoms with E-state index < -0.39 is 6.10 Å². The molecule has 0 aliphatic rings. The van der Waals surface area contributed by atoms with Gasteiger partial charge >= 0.3 is 0 Å². The first-order chi connectivity index (χ1) is 7.13. The molecule has 0 heterocycles. The molecule has 1 atom stereocenters. The predicted molar refractivity (Wildman–Crippen MR) is 55.2 cm³/mol. The number of ether oxygens (including phenoxy) is 2. The molecule has 0 saturated heterocycles. The fourth-order valence-corrected chi connectivity index (χ4v) is 1.24. The maximum atomic E-state index is 9.60. The molecule has 84 valence electrons. The molecule has 1 rings (SSSR count). The van der Waals surface area contributed by atoms with Crippen LogP contribution in [0.25, 0.3) is 0 Å². The van der Waals surface area contributed by atoms with E-state index in [1.54, 1.807) is 0 Å². The topological polar surface area (TPSA) is 84.9 Å². The number of benzene rings is 1. The number of hydrogen-bond acceptors (Lipinski definition) is 5. The Morgan fingerprint density at radius 2 is 1.73 bits per heavy atom. The second-order valence-corrected chi connectivity index (χ2v) is 3.03. The summed E-state index contributed by atoms with van der Waals surface area (Å²) in [6.45, 7) is 0.0943. The molecule has 0 aliphatic heterocycles. The first-order valence-corrected chi connectivity index (χ1v) is 4.47. The molecular weight excluding hydrogens is 198 g/mol. The molecule has 5 nitrogen and oxygen atoms in total. The number of rotatable bonds is 4. The molecule has 0 unspecified atom stereocenters. The third kappa shape index (κ3) is 2.31. The molecule has 1 aromatic rings. The molecule has 5 heteroatoms. The van der Waals surface area contributed by atoms with Crippen LogP contribution in [0.4, 0.5) is 0 Å². The highest BCUT2D eigenvalue weighted by molar-refractivity contribution is 5.53. The van der Waals surface area contributed by atoms with E-state index in [0.717, 1.165) is 0 Å². The summed E-state index contributed by atoms with van der Waals surface area (Å²) < 4.78 is 9.88. The third-order valence-electron chi connectivity index (χ3n) is 2.11. The highest BCUT2D eigenvalue weighted by Crippen LogP contribution is 2.38. The van der Waals surface area contributed by atoms with E-state index in [1.807, 2.05) is 0 Å². The Hall–Kier alpha value is -1.46. The normalized spacial score (nSPS) is 12.3. The molecule has 15 heavy (non-hydrogen) atoms. The maximum Gasteiger partial charge on any atom is 0.200 e. The first kappa shape index (κ1) is 11.6. The molecule has 0 fully saturated rings. The molecular formula is C10H15NO4. The van der Waals surface area contributed by atoms with Crippen molar-refractivity contribution >= 4 is 0 Å². The minimum absolute atomic E-state index is 0.0898. The van der Waals surface area contributed by atoms with Crippen molar-refractivity contribution in [1.82, 2.24) is 0 Å². The van der Waals surface area contributed by atoms with Crippen LogP contribution in [0, 0.1) is 0 Å². The maximum absolute atomic E-state index is 9.60. The minimum atomic E-state index is -0.798. The Labute approximate surface area is 88.0 Å². The van der Waals surface area contributed by atoms with Crippen LogP contribution in [0.5, 0.6) is 17.2 Å². The van der Waals surface area contributed by atoms with Crippen LogP contribution < -0.4 is 15.2 Å². The number of methoxy groups -OCH3 is 2. The van der Waals surface area contributed by atoms with E-state index >= 15 is 0 Å². The lowest BCUT2D eigenvalue weighted by Gasteiger charge is -2.13. The summed E-state index contributed by atoms with van der Waals surface area (Å²) in [7, 11) is 2.85. The number of phenols is 1. The average molecular weight is 213 g/mol. The number of aliphatic hydroxyl groups is 1. The van der Waals surface area contributed by atoms with Gasteiger partial charge in [-0.25, -0.2) is 0 Å². The lowest BCUT2D eigenvalue weighted by molar-refractivity contribution is 0.185. The first-order valence-electron chi connectivity index (χ1n) is 4.47. The predicted octanol–water partition coefficient (Wildman–Crippen LogP) is 0.402. The van der Waals surface area contributed by atoms with E-state index in [9.17, 15) is 10.2 Å². The highest BCUT2D eigenvalue weighted by atomic mass is 16.5. The van der Waals surface area contributed by atoms with Crippen LogP contribution in [0.1, 0.15) is 11.7 Å². The zero-order valence-electron chi connectivity index (χ0n) is 8.73. The smallest absolute Gasteiger partial charge is 0.200 e. The SMILES string of the molecule is COc1cc([C@@H](O)CN)cc(OC)c1O. The standard InChI is InChI=1S/C10H15NO4/c1-14-8-3-6(7(12)5-11)4-9(15-2)10(8)13/h3-4,7,12-13H,5,11H2,1-2H3/t7-/m0/s1. The van der Waals surface area contributed by atoms with Crippen molar-refractivity contribution in [3.63, 3.8) is 0 Å². The van der Waals surface area contributed by atoms with Gasteiger partial charge in [0.1, 0.15) is 0 Å². The van der Waals surface area contributed by atoms with Gasteiger partial charge in [0.05, 0.1) is 20.3 Å². The monoisotopic (exact) mass is 213 g/mol. The van der Waals surface area contributed by atoms with E-state index in [4.69, 9.17) is 15.2 Å². The quantitative estimate of drug-likeness (QED) is 0.674. The van der Waals surface area contributed by atoms with E-state index in [0.29, 0.717) is 5.56 Å². The third-order valence-corrected chi connectivity index (χ3v) is 2.11. The van der Waals surface area contributed by atoms with Crippen molar-refractivity contribution in [2.24, 2.45) is 5.73 Å². The van der Waals surface area contributed by atoms with E-state index in [1.165, 1.54) is 26.4 Å². The van der Waals surface area contributed by atoms with Crippen LogP contribution in [-0.4, -0.2) is 31.0 Å². The Morgan fingerprint density at radius 1 is 1.27 bits per heavy atom. The van der Waals surface area contributed by atoms with E-state index in [-0.39, 0.29) is 23.8 Å². The molecule has 0 aromatic heterocycles. The van der Waals surface area contributed by atoms with Crippen molar-refractivity contribution in [3.8, 4) is 17.2 Å². The molecule has 0 spiro atoms. The fraction of sp³-hybridized carbons (Fsp3) is 0.400. The van der Waals surface area contributed by atoms with Gasteiger partial charge in [0, 0.05) is 6.54 Å². The lowest BCUT2D eigenvalue weighted by atomic mass is 10.1. The summed E-state index contributed by atoms with van der Waals surface area (Å²) in [5.41, 5.74) is 5.88. The van der Waals surface area contributed by atoms with Crippen LogP contribution in [0.15, 0.2) is 12.1 Å². The van der Waals surface area contributed by atoms with Crippen molar-refractivity contribution in [3.05, 3.63) is 17.7 Å². The molecule has 1 aromatic carbocycles. The van der Waals surface area contributed by atoms with Crippen LogP contribution >= 0.6 is 0 Å². The molecule has 4 N–H and O–H groups in total. The molecule has 0 amide bonds. The molecule has 0 radical (unpaired) electrons. The van der Waals surface area contributed by atoms with Crippen molar-refractivity contribution in [2.45, 2.75) is 6.10 Å². The van der Waals surface area contributed by atoms with Crippen molar-refractivity contribution in [2.75, 3.05) is 20.8 Å². The van der Waals surface area contributed by atoms with Gasteiger partial charge in [0.2, 0.25) is 5.75 Å². The van der Waals surface area contributed by atoms with E-state index in [2.05, 4.69) is 0 Å². The van der Waals surface area contributed by atoms with Crippen molar-refractivity contribution in [1.29, 1.82) is 0 Å². The summed E-state index contributed by atoms with van der Waals surface area (Å²) >= 11 is 0. The lowest BCUT2D eigenvalue weighted by Crippen LogP contribution is -2.11. The van der Waals surface area contributed by atoms with Gasteiger partial charge in [0.25, 0.3) is 0 Å². The second kappa shape index (κ2) is 4.86. The number of nitrogens with two attached hydrogens (primary N) is 1. The van der Waals surface area contributed by atoms with Crippen LogP contribution in [-0.2, 0) is 0 Å². The summed E-state index contributed by atoms with van der Waals surface area (Å²) in [4.78, 5) is 0. The summed E-state index contributed by atoms with van der Waals surface area (Å²) in [6.07, 6.45) is -0.798. The summed E-state index contributed by atoms with van der Waals surface area (Å²) in [5.74, 6) is 0.404. The summed E-state index contributed by atoms with van der Waals surface area (Å²) in [5, 5.41) is 19.1. The highest BCUT2D eigenvalue weighted by Gasteiger charge is 2.14. The Bertz CT molecular complexity index is 315. The summed E-state index contributed by atoms with van der Waals surface area (Å²) in [6, 6.07) is 3.05. The Morgan fingerprint density at radius 3 is 2.07 bits per heavy atom. The van der Waals surface area contributed by atoms with Gasteiger partial charge in [-0.15, -0.1) is 0 Å². The number of aliphatic hydroxyl groups excluding tert-OH is 1. The average Bonchev–Trinajstić information content (AvgIpc) is 2.28. The largest absolute Gasteiger partial charge is 0.502 e. The number of hydrogen-bond donors (Lipinski definition) is 3. The van der Waals surface area contributed by atoms with Gasteiger partial charge in [-0.3, -0.25) is 0 Å². The van der Waals surface area contributed by atoms with Gasteiger partial charge in [-0.1, -0.05) is 0 Å². The molecule has 0 saturated carbocycles. The minimum Gasteiger partial charge on any atom is -0.502 e. The Balaban J connectivity index is 3.20. The molecule has 0 bridgehead atoms. The number of phenolic OH excluding ortho intramolecular Hbond substituents is 1. The fourth-order valence-electron chi connectivity index (χ4n) is 1.24. The number of aromatic hydroxyl groups is 1.